The van der Waals surface area contributed by atoms with Crippen LogP contribution in [0.15, 0.2) is 53.6 Å². The molecule has 31 heavy (non-hydrogen) atoms. The van der Waals surface area contributed by atoms with Crippen LogP contribution in [0.4, 0.5) is 11.4 Å². The molecule has 0 fully saturated rings. The highest BCUT2D eigenvalue weighted by Crippen LogP contribution is 2.37. The van der Waals surface area contributed by atoms with Gasteiger partial charge in [0.05, 0.1) is 9.77 Å². The maximum atomic E-state index is 13.2. The lowest BCUT2D eigenvalue weighted by molar-refractivity contribution is -0.114. The van der Waals surface area contributed by atoms with E-state index < -0.39 is 15.6 Å². The van der Waals surface area contributed by atoms with Crippen LogP contribution in [0.2, 0.25) is 0 Å². The van der Waals surface area contributed by atoms with E-state index in [-0.39, 0.29) is 10.8 Å². The van der Waals surface area contributed by atoms with E-state index in [1.165, 1.54) is 24.3 Å². The minimum atomic E-state index is -3.85. The van der Waals surface area contributed by atoms with Gasteiger partial charge in [-0.3, -0.25) is 4.79 Å². The summed E-state index contributed by atoms with van der Waals surface area (Å²) in [6.07, 6.45) is 1.68. The molecular weight excluding hydrogens is 432 g/mol. The normalized spacial score (nSPS) is 11.9. The third-order valence-electron chi connectivity index (χ3n) is 4.20. The van der Waals surface area contributed by atoms with Crippen LogP contribution in [-0.4, -0.2) is 31.9 Å². The summed E-state index contributed by atoms with van der Waals surface area (Å²) in [6.45, 7) is 6.72. The number of carbonyl (C=O) groups excluding carboxylic acids is 1. The minimum Gasteiger partial charge on any atom is -0.388 e. The van der Waals surface area contributed by atoms with Crippen LogP contribution >= 0.6 is 11.3 Å². The lowest BCUT2D eigenvalue weighted by Crippen LogP contribution is -2.40. The van der Waals surface area contributed by atoms with Crippen molar-refractivity contribution in [2.24, 2.45) is 0 Å². The smallest absolute Gasteiger partial charge is 0.241 e. The number of aromatic nitrogens is 1. The minimum absolute atomic E-state index is 0.0906. The summed E-state index contributed by atoms with van der Waals surface area (Å²) in [6, 6.07) is 12.7. The molecule has 0 aliphatic heterocycles. The zero-order valence-electron chi connectivity index (χ0n) is 18.1. The van der Waals surface area contributed by atoms with Crippen LogP contribution in [0.1, 0.15) is 27.7 Å². The first-order valence-electron chi connectivity index (χ1n) is 9.68. The summed E-state index contributed by atoms with van der Waals surface area (Å²) in [5.41, 5.74) is 2.19. The molecule has 0 saturated heterocycles. The van der Waals surface area contributed by atoms with Gasteiger partial charge < -0.3 is 10.6 Å². The fourth-order valence-electron chi connectivity index (χ4n) is 3.03. The third kappa shape index (κ3) is 5.69. The number of benzene rings is 2. The maximum Gasteiger partial charge on any atom is 0.241 e. The van der Waals surface area contributed by atoms with E-state index in [0.29, 0.717) is 16.1 Å². The first kappa shape index (κ1) is 22.9. The van der Waals surface area contributed by atoms with E-state index in [2.05, 4.69) is 20.3 Å². The Kier molecular flexibility index (Phi) is 6.49. The van der Waals surface area contributed by atoms with Crippen LogP contribution in [0.25, 0.3) is 21.0 Å². The maximum absolute atomic E-state index is 13.2. The standard InChI is InChI=1S/C22H26N4O3S2/c1-14(27)25-17-9-10-18(20(12-17)31(28,29)26-22(2,3)4)19-13-24-21(30-19)15-7-6-8-16(11-15)23-5/h6-13,23,26H,1-5H3,(H,25,27). The van der Waals surface area contributed by atoms with Gasteiger partial charge >= 0.3 is 0 Å². The Balaban J connectivity index is 2.10. The number of anilines is 2. The molecule has 0 aliphatic carbocycles. The molecule has 7 nitrogen and oxygen atoms in total. The van der Waals surface area contributed by atoms with Gasteiger partial charge in [0, 0.05) is 48.2 Å². The summed E-state index contributed by atoms with van der Waals surface area (Å²) in [5, 5.41) is 6.54. The Morgan fingerprint density at radius 3 is 2.45 bits per heavy atom. The Morgan fingerprint density at radius 2 is 1.81 bits per heavy atom. The molecular formula is C22H26N4O3S2. The zero-order chi connectivity index (χ0) is 22.8. The molecule has 0 bridgehead atoms. The van der Waals surface area contributed by atoms with Crippen LogP contribution in [0, 0.1) is 0 Å². The Morgan fingerprint density at radius 1 is 1.06 bits per heavy atom. The van der Waals surface area contributed by atoms with Crippen molar-refractivity contribution in [3.05, 3.63) is 48.7 Å². The number of carbonyl (C=O) groups is 1. The predicted molar refractivity (Wildman–Crippen MR) is 127 cm³/mol. The van der Waals surface area contributed by atoms with E-state index in [0.717, 1.165) is 16.3 Å². The van der Waals surface area contributed by atoms with Gasteiger partial charge in [0.25, 0.3) is 0 Å². The molecule has 1 heterocycles. The first-order valence-corrected chi connectivity index (χ1v) is 12.0. The Labute approximate surface area is 187 Å². The fraction of sp³-hybridized carbons (Fsp3) is 0.273. The molecule has 0 saturated carbocycles. The second kappa shape index (κ2) is 8.78. The van der Waals surface area contributed by atoms with Gasteiger partial charge in [-0.1, -0.05) is 18.2 Å². The Hall–Kier alpha value is -2.75. The van der Waals surface area contributed by atoms with Crippen molar-refractivity contribution in [3.8, 4) is 21.0 Å². The van der Waals surface area contributed by atoms with Crippen molar-refractivity contribution in [1.82, 2.24) is 9.71 Å². The third-order valence-corrected chi connectivity index (χ3v) is 7.08. The molecule has 0 unspecified atom stereocenters. The molecule has 0 spiro atoms. The second-order valence-corrected chi connectivity index (χ2v) is 10.8. The number of hydrogen-bond acceptors (Lipinski definition) is 6. The van der Waals surface area contributed by atoms with Crippen molar-refractivity contribution in [3.63, 3.8) is 0 Å². The summed E-state index contributed by atoms with van der Waals surface area (Å²) in [5.74, 6) is -0.274. The highest BCUT2D eigenvalue weighted by atomic mass is 32.2. The van der Waals surface area contributed by atoms with E-state index >= 15 is 0 Å². The first-order chi connectivity index (χ1) is 14.5. The molecule has 3 N–H and O–H groups in total. The number of hydrogen-bond donors (Lipinski definition) is 3. The van der Waals surface area contributed by atoms with Gasteiger partial charge in [-0.2, -0.15) is 0 Å². The monoisotopic (exact) mass is 458 g/mol. The van der Waals surface area contributed by atoms with Crippen molar-refractivity contribution < 1.29 is 13.2 Å². The lowest BCUT2D eigenvalue weighted by atomic mass is 10.1. The summed E-state index contributed by atoms with van der Waals surface area (Å²) in [4.78, 5) is 16.8. The number of sulfonamides is 1. The lowest BCUT2D eigenvalue weighted by Gasteiger charge is -2.22. The SMILES string of the molecule is CNc1cccc(-c2ncc(-c3ccc(NC(C)=O)cc3S(=O)(=O)NC(C)(C)C)s2)c1. The molecule has 0 radical (unpaired) electrons. The predicted octanol–water partition coefficient (Wildman–Crippen LogP) is 4.55. The van der Waals surface area contributed by atoms with Gasteiger partial charge in [-0.25, -0.2) is 18.1 Å². The number of rotatable bonds is 6. The molecule has 164 valence electrons. The van der Waals surface area contributed by atoms with E-state index in [1.54, 1.807) is 39.1 Å². The second-order valence-electron chi connectivity index (χ2n) is 8.11. The van der Waals surface area contributed by atoms with Gasteiger partial charge in [0.15, 0.2) is 0 Å². The zero-order valence-corrected chi connectivity index (χ0v) is 19.7. The van der Waals surface area contributed by atoms with Crippen molar-refractivity contribution >= 4 is 38.6 Å². The topological polar surface area (TPSA) is 100 Å². The summed E-state index contributed by atoms with van der Waals surface area (Å²) in [7, 11) is -2.00. The van der Waals surface area contributed by atoms with Gasteiger partial charge in [-0.15, -0.1) is 11.3 Å². The van der Waals surface area contributed by atoms with Crippen molar-refractivity contribution in [2.75, 3.05) is 17.7 Å². The average molecular weight is 459 g/mol. The summed E-state index contributed by atoms with van der Waals surface area (Å²) < 4.78 is 29.1. The van der Waals surface area contributed by atoms with Gasteiger partial charge in [-0.05, 0) is 45.0 Å². The number of nitrogens with one attached hydrogen (secondary N) is 3. The van der Waals surface area contributed by atoms with Crippen LogP contribution in [0.3, 0.4) is 0 Å². The van der Waals surface area contributed by atoms with Crippen LogP contribution in [0.5, 0.6) is 0 Å². The average Bonchev–Trinajstić information content (AvgIpc) is 3.16. The Bertz CT molecular complexity index is 1210. The molecule has 0 aliphatic rings. The quantitative estimate of drug-likeness (QED) is 0.503. The van der Waals surface area contributed by atoms with Crippen LogP contribution in [-0.2, 0) is 14.8 Å². The molecule has 3 aromatic rings. The summed E-state index contributed by atoms with van der Waals surface area (Å²) >= 11 is 1.41. The van der Waals surface area contributed by atoms with Crippen molar-refractivity contribution in [2.45, 2.75) is 38.1 Å². The molecule has 9 heteroatoms. The van der Waals surface area contributed by atoms with Crippen LogP contribution < -0.4 is 15.4 Å². The molecule has 0 atom stereocenters. The van der Waals surface area contributed by atoms with Crippen molar-refractivity contribution in [1.29, 1.82) is 0 Å². The van der Waals surface area contributed by atoms with E-state index in [1.807, 2.05) is 31.3 Å². The van der Waals surface area contributed by atoms with Gasteiger partial charge in [0.1, 0.15) is 5.01 Å². The number of amides is 1. The number of thiazole rings is 1. The van der Waals surface area contributed by atoms with Gasteiger partial charge in [0.2, 0.25) is 15.9 Å². The largest absolute Gasteiger partial charge is 0.388 e. The molecule has 1 amide bonds. The fourth-order valence-corrected chi connectivity index (χ4v) is 5.71. The molecule has 2 aromatic carbocycles. The highest BCUT2D eigenvalue weighted by Gasteiger charge is 2.26. The molecule has 1 aromatic heterocycles. The highest BCUT2D eigenvalue weighted by molar-refractivity contribution is 7.89. The molecule has 3 rings (SSSR count). The number of nitrogens with zero attached hydrogens (tertiary/aromatic N) is 1. The van der Waals surface area contributed by atoms with E-state index in [9.17, 15) is 13.2 Å². The van der Waals surface area contributed by atoms with E-state index in [4.69, 9.17) is 0 Å².